The summed E-state index contributed by atoms with van der Waals surface area (Å²) in [4.78, 5) is 14.9. The van der Waals surface area contributed by atoms with Gasteiger partial charge in [0.1, 0.15) is 23.7 Å². The van der Waals surface area contributed by atoms with Crippen molar-refractivity contribution < 1.29 is 18.9 Å². The Morgan fingerprint density at radius 3 is 1.51 bits per heavy atom. The largest absolute Gasteiger partial charge is 0.494 e. The Kier molecular flexibility index (Phi) is 10.3. The van der Waals surface area contributed by atoms with Gasteiger partial charge in [0, 0.05) is 59.5 Å². The second-order valence-electron chi connectivity index (χ2n) is 17.2. The molecule has 6 saturated heterocycles. The Morgan fingerprint density at radius 1 is 0.596 bits per heavy atom. The van der Waals surface area contributed by atoms with Crippen LogP contribution < -0.4 is 18.9 Å². The molecule has 2 aromatic carbocycles. The molecule has 10 heteroatoms. The molecule has 0 aliphatic carbocycles. The van der Waals surface area contributed by atoms with Gasteiger partial charge in [-0.15, -0.1) is 10.2 Å². The van der Waals surface area contributed by atoms with E-state index >= 15 is 0 Å². The summed E-state index contributed by atoms with van der Waals surface area (Å²) in [5.41, 5.74) is 4.10. The predicted molar refractivity (Wildman–Crippen MR) is 221 cm³/mol. The molecule has 0 radical (unpaired) electrons. The smallest absolute Gasteiger partial charge is 0.234 e. The third-order valence-electron chi connectivity index (χ3n) is 14.2. The molecule has 0 spiro atoms. The topological polar surface area (TPSA) is 95.0 Å². The van der Waals surface area contributed by atoms with Crippen LogP contribution in [0.3, 0.4) is 0 Å². The van der Waals surface area contributed by atoms with Crippen molar-refractivity contribution in [2.45, 2.75) is 95.9 Å². The molecule has 10 nitrogen and oxygen atoms in total. The van der Waals surface area contributed by atoms with E-state index < -0.39 is 0 Å². The second kappa shape index (κ2) is 16.0. The minimum absolute atomic E-state index is 0.216. The van der Waals surface area contributed by atoms with Gasteiger partial charge in [-0.25, -0.2) is 0 Å². The Balaban J connectivity index is 1.03. The monoisotopic (exact) mass is 768 g/mol. The van der Waals surface area contributed by atoms with Gasteiger partial charge in [0.15, 0.2) is 0 Å². The van der Waals surface area contributed by atoms with Crippen LogP contribution in [-0.2, 0) is 0 Å². The average Bonchev–Trinajstić information content (AvgIpc) is 3.27. The summed E-state index contributed by atoms with van der Waals surface area (Å²) in [6, 6.07) is 21.1. The van der Waals surface area contributed by atoms with Crippen LogP contribution in [0.5, 0.6) is 23.3 Å². The standard InChI is InChI=1S/C47H56N6O4/c1-3-30-28-52-20-16-32(30)24-42(52)46-36-14-18-48-40-10-8-34(26-38(36)40)54-22-6-5-7-23-55-35-9-11-41-39(27-35)37(15-19-49-41)47(57-45-13-12-44(56-46)50-51-45)43-25-33-17-21-53(43)29-31(33)4-2/h8-15,18-19,26-27,30-33,42-43,46-47H,3-7,16-17,20-25,28-29H2,1-2H3/t30?,31?,32-,33?,42+,43+,46-,47-/m1/s1. The van der Waals surface area contributed by atoms with Crippen molar-refractivity contribution >= 4 is 21.8 Å². The molecule has 13 rings (SSSR count). The van der Waals surface area contributed by atoms with E-state index in [9.17, 15) is 0 Å². The molecule has 11 heterocycles. The molecule has 10 bridgehead atoms. The highest BCUT2D eigenvalue weighted by Gasteiger charge is 2.46. The lowest BCUT2D eigenvalue weighted by atomic mass is 9.72. The number of fused-ring (bicyclic) bond motifs is 18. The Hall–Kier alpha value is -4.54. The van der Waals surface area contributed by atoms with Gasteiger partial charge in [0.25, 0.3) is 0 Å². The summed E-state index contributed by atoms with van der Waals surface area (Å²) in [6.45, 7) is 10.4. The van der Waals surface area contributed by atoms with E-state index in [1.807, 2.05) is 36.7 Å². The number of pyridine rings is 2. The zero-order valence-corrected chi connectivity index (χ0v) is 33.5. The van der Waals surface area contributed by atoms with Gasteiger partial charge >= 0.3 is 0 Å². The molecular formula is C47H56N6O4. The number of hydrogen-bond acceptors (Lipinski definition) is 10. The van der Waals surface area contributed by atoms with E-state index in [2.05, 4.69) is 60.0 Å². The van der Waals surface area contributed by atoms with Crippen LogP contribution >= 0.6 is 0 Å². The van der Waals surface area contributed by atoms with Gasteiger partial charge < -0.3 is 18.9 Å². The average molecular weight is 769 g/mol. The number of benzene rings is 2. The van der Waals surface area contributed by atoms with Gasteiger partial charge in [-0.05, 0) is 130 Å². The summed E-state index contributed by atoms with van der Waals surface area (Å²) >= 11 is 0. The Labute approximate surface area is 336 Å². The molecule has 5 aromatic rings. The van der Waals surface area contributed by atoms with Crippen LogP contribution in [-0.4, -0.2) is 81.4 Å². The molecule has 6 fully saturated rings. The lowest BCUT2D eigenvalue weighted by Crippen LogP contribution is -2.56. The SMILES string of the molecule is CCC1CN2CCC1C[C@H]2[C@@H]1Oc2ccc(nn2)O[C@@H]([C@@H]2C[C@H]3CCN2CC3CC)c2ccnc3ccc(cc23)OCCCCCOc2ccc3nccc1c3c2. The molecular weight excluding hydrogens is 713 g/mol. The first-order valence-electron chi connectivity index (χ1n) is 21.8. The zero-order valence-electron chi connectivity index (χ0n) is 33.5. The third kappa shape index (κ3) is 7.28. The maximum atomic E-state index is 7.06. The molecule has 0 N–H and O–H groups in total. The summed E-state index contributed by atoms with van der Waals surface area (Å²) in [7, 11) is 0. The Morgan fingerprint density at radius 2 is 1.09 bits per heavy atom. The predicted octanol–water partition coefficient (Wildman–Crippen LogP) is 9.00. The molecule has 57 heavy (non-hydrogen) atoms. The van der Waals surface area contributed by atoms with Crippen molar-refractivity contribution in [3.8, 4) is 23.3 Å². The minimum Gasteiger partial charge on any atom is -0.494 e. The minimum atomic E-state index is -0.253. The molecule has 8 aliphatic heterocycles. The zero-order chi connectivity index (χ0) is 38.3. The quantitative estimate of drug-likeness (QED) is 0.176. The molecule has 8 aliphatic rings. The van der Waals surface area contributed by atoms with Crippen LogP contribution in [0.1, 0.15) is 95.0 Å². The molecule has 0 amide bonds. The normalized spacial score (nSPS) is 31.5. The molecule has 10 atom stereocenters. The van der Waals surface area contributed by atoms with E-state index in [-0.39, 0.29) is 24.3 Å². The van der Waals surface area contributed by atoms with Crippen molar-refractivity contribution in [2.24, 2.45) is 23.7 Å². The van der Waals surface area contributed by atoms with E-state index in [0.29, 0.717) is 36.8 Å². The fourth-order valence-corrected chi connectivity index (χ4v) is 11.0. The van der Waals surface area contributed by atoms with E-state index in [1.165, 1.54) is 25.7 Å². The van der Waals surface area contributed by atoms with Gasteiger partial charge in [-0.3, -0.25) is 19.8 Å². The number of piperidine rings is 6. The maximum Gasteiger partial charge on any atom is 0.234 e. The van der Waals surface area contributed by atoms with Gasteiger partial charge in [0.2, 0.25) is 11.8 Å². The van der Waals surface area contributed by atoms with E-state index in [0.717, 1.165) is 115 Å². The van der Waals surface area contributed by atoms with Crippen molar-refractivity contribution in [3.63, 3.8) is 0 Å². The molecule has 298 valence electrons. The number of hydrogen-bond donors (Lipinski definition) is 0. The molecule has 0 saturated carbocycles. The first kappa shape index (κ1) is 36.8. The first-order valence-corrected chi connectivity index (χ1v) is 21.8. The number of ether oxygens (including phenoxy) is 4. The van der Waals surface area contributed by atoms with Crippen molar-refractivity contribution in [3.05, 3.63) is 84.2 Å². The number of nitrogens with zero attached hydrogens (tertiary/aromatic N) is 6. The van der Waals surface area contributed by atoms with Gasteiger partial charge in [-0.2, -0.15) is 0 Å². The second-order valence-corrected chi connectivity index (χ2v) is 17.2. The summed E-state index contributed by atoms with van der Waals surface area (Å²) < 4.78 is 26.8. The lowest BCUT2D eigenvalue weighted by molar-refractivity contribution is -0.0511. The van der Waals surface area contributed by atoms with Crippen LogP contribution in [0, 0.1) is 23.7 Å². The molecule has 3 aromatic heterocycles. The highest BCUT2D eigenvalue weighted by Crippen LogP contribution is 2.46. The van der Waals surface area contributed by atoms with Gasteiger partial charge in [0.05, 0.1) is 36.3 Å². The summed E-state index contributed by atoms with van der Waals surface area (Å²) in [6.07, 6.45) is 13.4. The lowest BCUT2D eigenvalue weighted by Gasteiger charge is -2.52. The van der Waals surface area contributed by atoms with Crippen molar-refractivity contribution in [2.75, 3.05) is 39.4 Å². The van der Waals surface area contributed by atoms with Crippen molar-refractivity contribution in [1.82, 2.24) is 30.0 Å². The summed E-state index contributed by atoms with van der Waals surface area (Å²) in [5, 5.41) is 11.6. The highest BCUT2D eigenvalue weighted by molar-refractivity contribution is 5.85. The van der Waals surface area contributed by atoms with Crippen molar-refractivity contribution in [1.29, 1.82) is 0 Å². The fourth-order valence-electron chi connectivity index (χ4n) is 11.0. The molecule has 5 unspecified atom stereocenters. The van der Waals surface area contributed by atoms with E-state index in [1.54, 1.807) is 0 Å². The number of aromatic nitrogens is 4. The van der Waals surface area contributed by atoms with E-state index in [4.69, 9.17) is 39.1 Å². The summed E-state index contributed by atoms with van der Waals surface area (Å²) in [5.74, 6) is 5.56. The van der Waals surface area contributed by atoms with Gasteiger partial charge in [-0.1, -0.05) is 26.7 Å². The third-order valence-corrected chi connectivity index (χ3v) is 14.2. The van der Waals surface area contributed by atoms with Crippen LogP contribution in [0.2, 0.25) is 0 Å². The van der Waals surface area contributed by atoms with Crippen LogP contribution in [0.25, 0.3) is 21.8 Å². The van der Waals surface area contributed by atoms with Crippen LogP contribution in [0.15, 0.2) is 73.1 Å². The fraction of sp³-hybridized carbons (Fsp3) is 0.532. The highest BCUT2D eigenvalue weighted by atomic mass is 16.5. The maximum absolute atomic E-state index is 7.06. The van der Waals surface area contributed by atoms with Crippen LogP contribution in [0.4, 0.5) is 0 Å². The Bertz CT molecular complexity index is 2030. The number of rotatable bonds is 4. The first-order chi connectivity index (χ1) is 28.1.